The van der Waals surface area contributed by atoms with E-state index in [4.69, 9.17) is 5.11 Å². The molecule has 0 radical (unpaired) electrons. The van der Waals surface area contributed by atoms with Crippen LogP contribution in [-0.2, 0) is 6.42 Å². The second-order valence-corrected chi connectivity index (χ2v) is 6.67. The Morgan fingerprint density at radius 3 is 2.76 bits per heavy atom. The van der Waals surface area contributed by atoms with Crippen LogP contribution in [0.1, 0.15) is 32.1 Å². The first kappa shape index (κ1) is 18.4. The molecule has 1 aliphatic rings. The number of aromatic nitrogens is 2. The fraction of sp³-hybridized carbons (Fsp3) is 0.143. The number of amides is 1. The normalized spacial score (nSPS) is 13.2. The van der Waals surface area contributed by atoms with Crippen molar-refractivity contribution in [3.05, 3.63) is 71.2 Å². The maximum Gasteiger partial charge on any atom is 0.335 e. The van der Waals surface area contributed by atoms with Crippen LogP contribution < -0.4 is 10.3 Å². The maximum atomic E-state index is 12.0. The zero-order valence-corrected chi connectivity index (χ0v) is 15.7. The van der Waals surface area contributed by atoms with Gasteiger partial charge in [-0.1, -0.05) is 0 Å². The van der Waals surface area contributed by atoms with Crippen LogP contribution in [0.4, 0.5) is 5.69 Å². The lowest BCUT2D eigenvalue weighted by Crippen LogP contribution is -2.31. The number of pyridine rings is 1. The van der Waals surface area contributed by atoms with Gasteiger partial charge in [0.2, 0.25) is 0 Å². The third-order valence-electron chi connectivity index (χ3n) is 4.75. The molecule has 3 N–H and O–H groups in total. The first-order valence-corrected chi connectivity index (χ1v) is 9.09. The van der Waals surface area contributed by atoms with E-state index in [1.165, 1.54) is 12.1 Å². The van der Waals surface area contributed by atoms with Gasteiger partial charge >= 0.3 is 5.97 Å². The quantitative estimate of drug-likeness (QED) is 0.459. The van der Waals surface area contributed by atoms with Gasteiger partial charge in [-0.15, -0.1) is 0 Å². The molecule has 0 fully saturated rings. The molecular weight excluding hydrogens is 370 g/mol. The molecule has 0 unspecified atom stereocenters. The van der Waals surface area contributed by atoms with E-state index in [1.807, 2.05) is 18.2 Å². The summed E-state index contributed by atoms with van der Waals surface area (Å²) in [6.45, 7) is 0.639. The van der Waals surface area contributed by atoms with E-state index in [1.54, 1.807) is 36.6 Å². The van der Waals surface area contributed by atoms with Crippen molar-refractivity contribution in [1.29, 1.82) is 0 Å². The number of H-pyrrole nitrogens is 1. The van der Waals surface area contributed by atoms with Crippen molar-refractivity contribution in [2.75, 3.05) is 18.6 Å². The molecule has 1 amide bonds. The Bertz CT molecular complexity index is 1100. The average molecular weight is 389 g/mol. The zero-order chi connectivity index (χ0) is 20.4. The molecule has 3 heterocycles. The maximum absolute atomic E-state index is 12.0. The Morgan fingerprint density at radius 1 is 1.24 bits per heavy atom. The molecule has 146 valence electrons. The highest BCUT2D eigenvalue weighted by Gasteiger charge is 2.19. The minimum Gasteiger partial charge on any atom is -0.478 e. The molecule has 1 aromatic carbocycles. The molecule has 0 saturated heterocycles. The highest BCUT2D eigenvalue weighted by molar-refractivity contribution is 5.98. The fourth-order valence-electron chi connectivity index (χ4n) is 3.17. The number of nitrogens with one attached hydrogen (secondary N) is 2. The largest absolute Gasteiger partial charge is 0.478 e. The molecule has 4 rings (SSSR count). The van der Waals surface area contributed by atoms with E-state index < -0.39 is 5.97 Å². The van der Waals surface area contributed by atoms with Gasteiger partial charge in [0.05, 0.1) is 28.7 Å². The number of hydrazone groups is 1. The van der Waals surface area contributed by atoms with E-state index in [9.17, 15) is 9.59 Å². The van der Waals surface area contributed by atoms with Gasteiger partial charge < -0.3 is 15.4 Å². The summed E-state index contributed by atoms with van der Waals surface area (Å²) in [6.07, 6.45) is 4.11. The van der Waals surface area contributed by atoms with Crippen molar-refractivity contribution in [1.82, 2.24) is 15.3 Å². The number of aromatic carboxylic acids is 1. The summed E-state index contributed by atoms with van der Waals surface area (Å²) in [6, 6.07) is 12.1. The number of anilines is 1. The number of benzene rings is 1. The predicted molar refractivity (Wildman–Crippen MR) is 109 cm³/mol. The number of carboxylic acids is 1. The molecule has 0 aliphatic carbocycles. The summed E-state index contributed by atoms with van der Waals surface area (Å²) < 4.78 is 0. The Kier molecular flexibility index (Phi) is 4.82. The third-order valence-corrected chi connectivity index (χ3v) is 4.75. The summed E-state index contributed by atoms with van der Waals surface area (Å²) >= 11 is 0. The minimum atomic E-state index is -0.966. The van der Waals surface area contributed by atoms with E-state index in [0.29, 0.717) is 17.8 Å². The third kappa shape index (κ3) is 3.86. The fourth-order valence-corrected chi connectivity index (χ4v) is 3.17. The molecule has 3 aromatic rings. The molecule has 0 atom stereocenters. The summed E-state index contributed by atoms with van der Waals surface area (Å²) in [5.74, 6) is -1.02. The van der Waals surface area contributed by atoms with Gasteiger partial charge in [0.1, 0.15) is 0 Å². The number of nitrogens with zero attached hydrogens (tertiary/aromatic N) is 3. The summed E-state index contributed by atoms with van der Waals surface area (Å²) in [5, 5.41) is 17.8. The van der Waals surface area contributed by atoms with Gasteiger partial charge in [0.15, 0.2) is 0 Å². The van der Waals surface area contributed by atoms with E-state index in [0.717, 1.165) is 29.1 Å². The lowest BCUT2D eigenvalue weighted by atomic mass is 10.1. The number of rotatable bonds is 5. The van der Waals surface area contributed by atoms with Gasteiger partial charge in [-0.2, -0.15) is 5.10 Å². The van der Waals surface area contributed by atoms with Gasteiger partial charge in [-0.05, 0) is 42.5 Å². The van der Waals surface area contributed by atoms with Gasteiger partial charge in [0.25, 0.3) is 5.91 Å². The van der Waals surface area contributed by atoms with E-state index >= 15 is 0 Å². The van der Waals surface area contributed by atoms with Crippen molar-refractivity contribution < 1.29 is 14.7 Å². The number of fused-ring (bicyclic) bond motifs is 1. The van der Waals surface area contributed by atoms with Gasteiger partial charge in [-0.3, -0.25) is 14.8 Å². The number of hydrogen-bond donors (Lipinski definition) is 3. The summed E-state index contributed by atoms with van der Waals surface area (Å²) in [7, 11) is 1.77. The highest BCUT2D eigenvalue weighted by Crippen LogP contribution is 2.24. The monoisotopic (exact) mass is 389 g/mol. The summed E-state index contributed by atoms with van der Waals surface area (Å²) in [5.41, 5.74) is 5.05. The molecular formula is C21H19N5O3. The molecule has 2 aromatic heterocycles. The summed E-state index contributed by atoms with van der Waals surface area (Å²) in [4.78, 5) is 30.6. The van der Waals surface area contributed by atoms with Crippen LogP contribution in [-0.4, -0.2) is 46.8 Å². The second kappa shape index (κ2) is 7.59. The van der Waals surface area contributed by atoms with Crippen molar-refractivity contribution >= 4 is 23.8 Å². The predicted octanol–water partition coefficient (Wildman–Crippen LogP) is 2.53. The first-order chi connectivity index (χ1) is 14.0. The van der Waals surface area contributed by atoms with Crippen LogP contribution in [0.15, 0.2) is 53.8 Å². The van der Waals surface area contributed by atoms with Crippen LogP contribution in [0.3, 0.4) is 0 Å². The number of carbonyl (C=O) groups is 2. The van der Waals surface area contributed by atoms with Crippen molar-refractivity contribution in [2.45, 2.75) is 6.42 Å². The minimum absolute atomic E-state index is 0.0554. The molecule has 8 nitrogen and oxygen atoms in total. The van der Waals surface area contributed by atoms with E-state index in [2.05, 4.69) is 20.4 Å². The lowest BCUT2D eigenvalue weighted by molar-refractivity contribution is 0.0696. The standard InChI is InChI=1S/C21H19N5O3/c1-26(16-4-2-13(3-5-16)21(28)29)24-12-15-10-14(6-8-22-15)19-11-17-18(25-19)7-9-23-20(17)27/h2-6,8,10-12,25H,7,9H2,1H3,(H,23,27)(H,28,29)/b24-12+. The number of carboxylic acid groups (broad SMARTS) is 1. The second-order valence-electron chi connectivity index (χ2n) is 6.67. The van der Waals surface area contributed by atoms with Crippen LogP contribution in [0.5, 0.6) is 0 Å². The molecule has 29 heavy (non-hydrogen) atoms. The smallest absolute Gasteiger partial charge is 0.335 e. The van der Waals surface area contributed by atoms with Gasteiger partial charge in [-0.25, -0.2) is 4.79 Å². The van der Waals surface area contributed by atoms with Crippen LogP contribution in [0, 0.1) is 0 Å². The number of hydrogen-bond acceptors (Lipinski definition) is 5. The average Bonchev–Trinajstić information content (AvgIpc) is 3.18. The molecule has 8 heteroatoms. The van der Waals surface area contributed by atoms with Crippen LogP contribution in [0.2, 0.25) is 0 Å². The molecule has 0 bridgehead atoms. The number of carbonyl (C=O) groups excluding carboxylic acids is 1. The topological polar surface area (TPSA) is 111 Å². The van der Waals surface area contributed by atoms with E-state index in [-0.39, 0.29) is 11.5 Å². The SMILES string of the molecule is CN(/N=C/c1cc(-c2cc3c([nH]2)CCNC3=O)ccn1)c1ccc(C(=O)O)cc1. The molecule has 1 aliphatic heterocycles. The molecule has 0 saturated carbocycles. The molecule has 0 spiro atoms. The Morgan fingerprint density at radius 2 is 2.03 bits per heavy atom. The van der Waals surface area contributed by atoms with Crippen LogP contribution in [0.25, 0.3) is 11.3 Å². The Balaban J connectivity index is 1.53. The Labute approximate surface area is 166 Å². The zero-order valence-electron chi connectivity index (χ0n) is 15.7. The number of aromatic amines is 1. The first-order valence-electron chi connectivity index (χ1n) is 9.09. The van der Waals surface area contributed by atoms with Gasteiger partial charge in [0, 0.05) is 43.2 Å². The van der Waals surface area contributed by atoms with Crippen molar-refractivity contribution in [3.63, 3.8) is 0 Å². The lowest BCUT2D eigenvalue weighted by Gasteiger charge is -2.12. The van der Waals surface area contributed by atoms with Crippen LogP contribution >= 0.6 is 0 Å². The van der Waals surface area contributed by atoms with Crippen molar-refractivity contribution in [3.8, 4) is 11.3 Å². The Hall–Kier alpha value is -3.94. The highest BCUT2D eigenvalue weighted by atomic mass is 16.4. The van der Waals surface area contributed by atoms with Crippen molar-refractivity contribution in [2.24, 2.45) is 5.10 Å².